The molecule has 0 bridgehead atoms. The van der Waals surface area contributed by atoms with Gasteiger partial charge in [-0.3, -0.25) is 0 Å². The lowest BCUT2D eigenvalue weighted by Gasteiger charge is -2.38. The van der Waals surface area contributed by atoms with Crippen molar-refractivity contribution in [3.05, 3.63) is 0 Å². The van der Waals surface area contributed by atoms with Crippen LogP contribution in [0, 0.1) is 11.8 Å². The molecule has 0 aromatic heterocycles. The third-order valence-corrected chi connectivity index (χ3v) is 5.43. The number of nitrogens with one attached hydrogen (secondary N) is 1. The van der Waals surface area contributed by atoms with Crippen LogP contribution in [0.1, 0.15) is 46.0 Å². The maximum atomic E-state index is 3.92. The molecule has 88 valence electrons. The van der Waals surface area contributed by atoms with E-state index in [-0.39, 0.29) is 0 Å². The highest BCUT2D eigenvalue weighted by Crippen LogP contribution is 2.30. The van der Waals surface area contributed by atoms with Crippen LogP contribution in [0.2, 0.25) is 0 Å². The standard InChI is InChI=1S/C13H25NS/c1-10-4-3-5-13(11(10)2)14-12-6-8-15-9-7-12/h10-14H,3-9H2,1-2H3/t10-,11-,13-/m1/s1. The van der Waals surface area contributed by atoms with Crippen molar-refractivity contribution in [3.63, 3.8) is 0 Å². The molecule has 1 nitrogen and oxygen atoms in total. The molecule has 1 N–H and O–H groups in total. The van der Waals surface area contributed by atoms with E-state index in [1.165, 1.54) is 43.6 Å². The third-order valence-electron chi connectivity index (χ3n) is 4.38. The molecule has 1 saturated heterocycles. The summed E-state index contributed by atoms with van der Waals surface area (Å²) < 4.78 is 0. The third kappa shape index (κ3) is 3.13. The fourth-order valence-corrected chi connectivity index (χ4v) is 4.09. The van der Waals surface area contributed by atoms with Crippen molar-refractivity contribution in [2.75, 3.05) is 11.5 Å². The molecule has 3 atom stereocenters. The second kappa shape index (κ2) is 5.58. The van der Waals surface area contributed by atoms with Crippen molar-refractivity contribution in [2.24, 2.45) is 11.8 Å². The van der Waals surface area contributed by atoms with Gasteiger partial charge < -0.3 is 5.32 Å². The van der Waals surface area contributed by atoms with Crippen molar-refractivity contribution >= 4 is 11.8 Å². The van der Waals surface area contributed by atoms with Crippen molar-refractivity contribution in [3.8, 4) is 0 Å². The highest BCUT2D eigenvalue weighted by molar-refractivity contribution is 7.99. The summed E-state index contributed by atoms with van der Waals surface area (Å²) in [6.07, 6.45) is 7.07. The van der Waals surface area contributed by atoms with Gasteiger partial charge in [-0.15, -0.1) is 0 Å². The Labute approximate surface area is 98.8 Å². The molecule has 2 aliphatic rings. The Bertz CT molecular complexity index is 189. The number of hydrogen-bond donors (Lipinski definition) is 1. The molecule has 0 aromatic carbocycles. The van der Waals surface area contributed by atoms with Crippen LogP contribution < -0.4 is 5.32 Å². The summed E-state index contributed by atoms with van der Waals surface area (Å²) in [6, 6.07) is 1.63. The van der Waals surface area contributed by atoms with Crippen LogP contribution in [-0.2, 0) is 0 Å². The van der Waals surface area contributed by atoms with Gasteiger partial charge in [0, 0.05) is 12.1 Å². The van der Waals surface area contributed by atoms with Crippen molar-refractivity contribution < 1.29 is 0 Å². The van der Waals surface area contributed by atoms with Crippen molar-refractivity contribution in [1.29, 1.82) is 0 Å². The molecular formula is C13H25NS. The first-order chi connectivity index (χ1) is 7.27. The summed E-state index contributed by atoms with van der Waals surface area (Å²) in [5.74, 6) is 4.55. The molecule has 0 amide bonds. The summed E-state index contributed by atoms with van der Waals surface area (Å²) in [7, 11) is 0. The van der Waals surface area contributed by atoms with Crippen LogP contribution in [0.3, 0.4) is 0 Å². The molecule has 2 rings (SSSR count). The Morgan fingerprint density at radius 2 is 1.73 bits per heavy atom. The maximum Gasteiger partial charge on any atom is 0.00978 e. The molecule has 0 unspecified atom stereocenters. The van der Waals surface area contributed by atoms with Crippen molar-refractivity contribution in [1.82, 2.24) is 5.32 Å². The smallest absolute Gasteiger partial charge is 0.00978 e. The predicted octanol–water partition coefficient (Wildman–Crippen LogP) is 3.30. The quantitative estimate of drug-likeness (QED) is 0.777. The van der Waals surface area contributed by atoms with Crippen LogP contribution in [0.25, 0.3) is 0 Å². The van der Waals surface area contributed by atoms with Gasteiger partial charge in [0.1, 0.15) is 0 Å². The first-order valence-corrected chi connectivity index (χ1v) is 7.76. The molecule has 0 aromatic rings. The highest BCUT2D eigenvalue weighted by Gasteiger charge is 2.28. The van der Waals surface area contributed by atoms with E-state index in [2.05, 4.69) is 30.9 Å². The molecule has 1 heterocycles. The van der Waals surface area contributed by atoms with E-state index in [0.29, 0.717) is 0 Å². The second-order valence-electron chi connectivity index (χ2n) is 5.43. The van der Waals surface area contributed by atoms with Gasteiger partial charge in [-0.2, -0.15) is 11.8 Å². The Kier molecular flexibility index (Phi) is 4.39. The molecule has 0 radical (unpaired) electrons. The molecule has 2 fully saturated rings. The Balaban J connectivity index is 1.81. The normalized spacial score (nSPS) is 39.2. The minimum Gasteiger partial charge on any atom is -0.311 e. The molecule has 15 heavy (non-hydrogen) atoms. The van der Waals surface area contributed by atoms with Crippen LogP contribution in [0.15, 0.2) is 0 Å². The van der Waals surface area contributed by atoms with Crippen molar-refractivity contribution in [2.45, 2.75) is 58.0 Å². The van der Waals surface area contributed by atoms with Gasteiger partial charge >= 0.3 is 0 Å². The molecule has 2 heteroatoms. The van der Waals surface area contributed by atoms with E-state index in [1.807, 2.05) is 0 Å². The van der Waals surface area contributed by atoms with Gasteiger partial charge in [-0.1, -0.05) is 26.7 Å². The number of thioether (sulfide) groups is 1. The lowest BCUT2D eigenvalue weighted by Crippen LogP contribution is -2.46. The van der Waals surface area contributed by atoms with Gasteiger partial charge in [0.15, 0.2) is 0 Å². The van der Waals surface area contributed by atoms with Gasteiger partial charge in [-0.05, 0) is 42.6 Å². The molecule has 1 aliphatic heterocycles. The van der Waals surface area contributed by atoms with E-state index < -0.39 is 0 Å². The van der Waals surface area contributed by atoms with E-state index in [4.69, 9.17) is 0 Å². The lowest BCUT2D eigenvalue weighted by molar-refractivity contribution is 0.191. The van der Waals surface area contributed by atoms with E-state index in [0.717, 1.165) is 23.9 Å². The fraction of sp³-hybridized carbons (Fsp3) is 1.00. The minimum absolute atomic E-state index is 0.807. The number of rotatable bonds is 2. The first-order valence-electron chi connectivity index (χ1n) is 6.61. The first kappa shape index (κ1) is 11.8. The molecule has 0 spiro atoms. The minimum atomic E-state index is 0.807. The summed E-state index contributed by atoms with van der Waals surface area (Å²) >= 11 is 2.12. The van der Waals surface area contributed by atoms with Crippen LogP contribution in [0.4, 0.5) is 0 Å². The zero-order chi connectivity index (χ0) is 10.7. The summed E-state index contributed by atoms with van der Waals surface area (Å²) in [6.45, 7) is 4.87. The molecular weight excluding hydrogens is 202 g/mol. The SMILES string of the molecule is C[C@@H]1[C@H](C)CCC[C@H]1NC1CCSCC1. The summed E-state index contributed by atoms with van der Waals surface area (Å²) in [5.41, 5.74) is 0. The van der Waals surface area contributed by atoms with Crippen LogP contribution >= 0.6 is 11.8 Å². The molecule has 1 aliphatic carbocycles. The largest absolute Gasteiger partial charge is 0.311 e. The van der Waals surface area contributed by atoms with E-state index in [9.17, 15) is 0 Å². The van der Waals surface area contributed by atoms with Gasteiger partial charge in [0.2, 0.25) is 0 Å². The van der Waals surface area contributed by atoms with Crippen LogP contribution in [-0.4, -0.2) is 23.6 Å². The fourth-order valence-electron chi connectivity index (χ4n) is 2.98. The number of hydrogen-bond acceptors (Lipinski definition) is 2. The van der Waals surface area contributed by atoms with Crippen LogP contribution in [0.5, 0.6) is 0 Å². The lowest BCUT2D eigenvalue weighted by atomic mass is 9.77. The highest BCUT2D eigenvalue weighted by atomic mass is 32.2. The Morgan fingerprint density at radius 3 is 2.47 bits per heavy atom. The van der Waals surface area contributed by atoms with Gasteiger partial charge in [-0.25, -0.2) is 0 Å². The van der Waals surface area contributed by atoms with E-state index in [1.54, 1.807) is 0 Å². The zero-order valence-corrected chi connectivity index (χ0v) is 11.0. The monoisotopic (exact) mass is 227 g/mol. The summed E-state index contributed by atoms with van der Waals surface area (Å²) in [4.78, 5) is 0. The molecule has 1 saturated carbocycles. The van der Waals surface area contributed by atoms with E-state index >= 15 is 0 Å². The van der Waals surface area contributed by atoms with Gasteiger partial charge in [0.05, 0.1) is 0 Å². The topological polar surface area (TPSA) is 12.0 Å². The average molecular weight is 227 g/mol. The second-order valence-corrected chi connectivity index (χ2v) is 6.65. The van der Waals surface area contributed by atoms with Gasteiger partial charge in [0.25, 0.3) is 0 Å². The Morgan fingerprint density at radius 1 is 1.00 bits per heavy atom. The maximum absolute atomic E-state index is 3.92. The summed E-state index contributed by atoms with van der Waals surface area (Å²) in [5, 5.41) is 3.92. The average Bonchev–Trinajstić information content (AvgIpc) is 2.26. The Hall–Kier alpha value is 0.310. The zero-order valence-electron chi connectivity index (χ0n) is 10.2. The predicted molar refractivity (Wildman–Crippen MR) is 69.4 cm³/mol.